The Morgan fingerprint density at radius 3 is 2.52 bits per heavy atom. The number of hydrogen-bond donors (Lipinski definition) is 2. The molecule has 6 rings (SSSR count). The number of hydrogen-bond acceptors (Lipinski definition) is 6. The van der Waals surface area contributed by atoms with Crippen LogP contribution >= 0.6 is 0 Å². The van der Waals surface area contributed by atoms with Crippen LogP contribution in [-0.4, -0.2) is 51.8 Å². The molecule has 1 saturated heterocycles. The van der Waals surface area contributed by atoms with E-state index in [1.807, 2.05) is 24.3 Å². The Morgan fingerprint density at radius 2 is 1.79 bits per heavy atom. The van der Waals surface area contributed by atoms with E-state index in [9.17, 15) is 14.4 Å². The second-order valence-electron chi connectivity index (χ2n) is 9.27. The summed E-state index contributed by atoms with van der Waals surface area (Å²) >= 11 is 0. The SMILES string of the molecule is CN1C(c2ccncc2)=C(c2ccc3c(c2)CN(C2CCC(=O)NC2=O)C3=O)NC1C1CC1. The number of piperidine rings is 1. The van der Waals surface area contributed by atoms with Gasteiger partial charge in [0, 0.05) is 49.1 Å². The third-order valence-electron chi connectivity index (χ3n) is 7.13. The predicted molar refractivity (Wildman–Crippen MR) is 121 cm³/mol. The molecule has 1 saturated carbocycles. The second kappa shape index (κ2) is 7.43. The number of imide groups is 1. The first-order valence-corrected chi connectivity index (χ1v) is 11.4. The van der Waals surface area contributed by atoms with Gasteiger partial charge in [-0.15, -0.1) is 0 Å². The number of nitrogens with zero attached hydrogens (tertiary/aromatic N) is 3. The lowest BCUT2D eigenvalue weighted by Gasteiger charge is -2.29. The maximum absolute atomic E-state index is 13.1. The molecule has 0 spiro atoms. The maximum Gasteiger partial charge on any atom is 0.255 e. The number of aromatic nitrogens is 1. The number of pyridine rings is 1. The number of rotatable bonds is 4. The number of carbonyl (C=O) groups is 3. The van der Waals surface area contributed by atoms with Gasteiger partial charge in [0.15, 0.2) is 0 Å². The van der Waals surface area contributed by atoms with Gasteiger partial charge in [0.1, 0.15) is 12.2 Å². The van der Waals surface area contributed by atoms with Crippen molar-refractivity contribution in [2.75, 3.05) is 7.05 Å². The van der Waals surface area contributed by atoms with E-state index in [2.05, 4.69) is 33.6 Å². The van der Waals surface area contributed by atoms with Crippen molar-refractivity contribution in [2.45, 2.75) is 44.4 Å². The molecule has 8 heteroatoms. The van der Waals surface area contributed by atoms with E-state index in [0.717, 1.165) is 28.1 Å². The van der Waals surface area contributed by atoms with E-state index >= 15 is 0 Å². The Bertz CT molecular complexity index is 1200. The van der Waals surface area contributed by atoms with Crippen molar-refractivity contribution in [2.24, 2.45) is 5.92 Å². The lowest BCUT2D eigenvalue weighted by Crippen LogP contribution is -2.52. The van der Waals surface area contributed by atoms with E-state index in [4.69, 9.17) is 0 Å². The van der Waals surface area contributed by atoms with E-state index in [-0.39, 0.29) is 30.3 Å². The highest BCUT2D eigenvalue weighted by atomic mass is 16.2. The normalized spacial score (nSPS) is 24.8. The molecule has 4 aliphatic rings. The van der Waals surface area contributed by atoms with E-state index in [0.29, 0.717) is 24.4 Å². The zero-order chi connectivity index (χ0) is 22.7. The topological polar surface area (TPSA) is 94.6 Å². The molecule has 3 aliphatic heterocycles. The van der Waals surface area contributed by atoms with Crippen LogP contribution in [0, 0.1) is 5.92 Å². The minimum absolute atomic E-state index is 0.151. The number of fused-ring (bicyclic) bond motifs is 1. The Hall–Kier alpha value is -3.68. The first-order valence-electron chi connectivity index (χ1n) is 11.4. The largest absolute Gasteiger partial charge is 0.363 e. The average molecular weight is 444 g/mol. The van der Waals surface area contributed by atoms with Crippen LogP contribution in [0.1, 0.15) is 52.7 Å². The van der Waals surface area contributed by atoms with Crippen LogP contribution in [0.2, 0.25) is 0 Å². The lowest BCUT2D eigenvalue weighted by atomic mass is 10.0. The summed E-state index contributed by atoms with van der Waals surface area (Å²) in [4.78, 5) is 45.0. The number of nitrogens with one attached hydrogen (secondary N) is 2. The third-order valence-corrected chi connectivity index (χ3v) is 7.13. The van der Waals surface area contributed by atoms with Crippen LogP contribution < -0.4 is 10.6 Å². The highest BCUT2D eigenvalue weighted by Crippen LogP contribution is 2.43. The van der Waals surface area contributed by atoms with Crippen molar-refractivity contribution in [1.29, 1.82) is 0 Å². The van der Waals surface area contributed by atoms with Gasteiger partial charge >= 0.3 is 0 Å². The molecule has 4 heterocycles. The Labute approximate surface area is 191 Å². The summed E-state index contributed by atoms with van der Waals surface area (Å²) in [5.74, 6) is -0.188. The molecule has 1 aromatic carbocycles. The summed E-state index contributed by atoms with van der Waals surface area (Å²) in [7, 11) is 2.13. The lowest BCUT2D eigenvalue weighted by molar-refractivity contribution is -0.136. The number of benzene rings is 1. The van der Waals surface area contributed by atoms with Gasteiger partial charge in [-0.2, -0.15) is 0 Å². The molecule has 168 valence electrons. The minimum Gasteiger partial charge on any atom is -0.363 e. The van der Waals surface area contributed by atoms with Gasteiger partial charge < -0.3 is 15.1 Å². The zero-order valence-corrected chi connectivity index (χ0v) is 18.4. The first-order chi connectivity index (χ1) is 16.0. The van der Waals surface area contributed by atoms with Crippen LogP contribution in [0.15, 0.2) is 42.7 Å². The van der Waals surface area contributed by atoms with Crippen LogP contribution in [-0.2, 0) is 16.1 Å². The summed E-state index contributed by atoms with van der Waals surface area (Å²) in [6.07, 6.45) is 6.91. The molecule has 8 nitrogen and oxygen atoms in total. The molecule has 0 bridgehead atoms. The molecule has 2 atom stereocenters. The Kier molecular flexibility index (Phi) is 4.50. The molecule has 33 heavy (non-hydrogen) atoms. The molecule has 2 N–H and O–H groups in total. The fraction of sp³-hybridized carbons (Fsp3) is 0.360. The second-order valence-corrected chi connectivity index (χ2v) is 9.27. The Balaban J connectivity index is 1.35. The highest BCUT2D eigenvalue weighted by molar-refractivity contribution is 6.05. The van der Waals surface area contributed by atoms with Gasteiger partial charge in [0.25, 0.3) is 5.91 Å². The number of amides is 3. The molecule has 0 radical (unpaired) electrons. The van der Waals surface area contributed by atoms with Crippen LogP contribution in [0.3, 0.4) is 0 Å². The molecule has 2 fully saturated rings. The van der Waals surface area contributed by atoms with Crippen molar-refractivity contribution in [3.63, 3.8) is 0 Å². The molecule has 2 unspecified atom stereocenters. The van der Waals surface area contributed by atoms with Crippen LogP contribution in [0.25, 0.3) is 11.4 Å². The molecule has 2 aromatic rings. The van der Waals surface area contributed by atoms with Crippen molar-refractivity contribution in [3.8, 4) is 0 Å². The fourth-order valence-electron chi connectivity index (χ4n) is 5.28. The van der Waals surface area contributed by atoms with Gasteiger partial charge in [0.2, 0.25) is 11.8 Å². The fourth-order valence-corrected chi connectivity index (χ4v) is 5.28. The molecule has 3 amide bonds. The van der Waals surface area contributed by atoms with Gasteiger partial charge in [-0.05, 0) is 55.0 Å². The average Bonchev–Trinajstić information content (AvgIpc) is 3.53. The summed E-state index contributed by atoms with van der Waals surface area (Å²) in [5, 5.41) is 6.10. The summed E-state index contributed by atoms with van der Waals surface area (Å²) in [6, 6.07) is 9.34. The molecule has 1 aromatic heterocycles. The predicted octanol–water partition coefficient (Wildman–Crippen LogP) is 1.94. The minimum atomic E-state index is -0.604. The van der Waals surface area contributed by atoms with Gasteiger partial charge in [-0.1, -0.05) is 6.07 Å². The third kappa shape index (κ3) is 3.28. The van der Waals surface area contributed by atoms with Crippen LogP contribution in [0.5, 0.6) is 0 Å². The van der Waals surface area contributed by atoms with Gasteiger partial charge in [0.05, 0.1) is 11.4 Å². The monoisotopic (exact) mass is 443 g/mol. The number of carbonyl (C=O) groups excluding carboxylic acids is 3. The quantitative estimate of drug-likeness (QED) is 0.702. The van der Waals surface area contributed by atoms with Crippen LogP contribution in [0.4, 0.5) is 0 Å². The molecular weight excluding hydrogens is 418 g/mol. The summed E-state index contributed by atoms with van der Waals surface area (Å²) in [5.41, 5.74) is 5.83. The molecule has 1 aliphatic carbocycles. The Morgan fingerprint density at radius 1 is 1.00 bits per heavy atom. The van der Waals surface area contributed by atoms with Crippen molar-refractivity contribution in [1.82, 2.24) is 25.4 Å². The van der Waals surface area contributed by atoms with Crippen molar-refractivity contribution >= 4 is 29.1 Å². The van der Waals surface area contributed by atoms with E-state index in [1.54, 1.807) is 17.3 Å². The van der Waals surface area contributed by atoms with Gasteiger partial charge in [-0.25, -0.2) is 0 Å². The summed E-state index contributed by atoms with van der Waals surface area (Å²) < 4.78 is 0. The maximum atomic E-state index is 13.1. The first kappa shape index (κ1) is 20.0. The van der Waals surface area contributed by atoms with E-state index in [1.165, 1.54) is 12.8 Å². The van der Waals surface area contributed by atoms with Crippen molar-refractivity contribution < 1.29 is 14.4 Å². The summed E-state index contributed by atoms with van der Waals surface area (Å²) in [6.45, 7) is 0.369. The highest BCUT2D eigenvalue weighted by Gasteiger charge is 2.42. The zero-order valence-electron chi connectivity index (χ0n) is 18.4. The standard InChI is InChI=1S/C25H25N5O3/c1-29-22(14-8-10-26-11-9-14)21(28-23(29)15-2-3-15)16-4-5-18-17(12-16)13-30(25(18)33)19-6-7-20(31)27-24(19)32/h4-5,8-12,15,19,23,28H,2-3,6-7,13H2,1H3,(H,27,31,32). The molecular formula is C25H25N5O3. The van der Waals surface area contributed by atoms with E-state index < -0.39 is 6.04 Å². The van der Waals surface area contributed by atoms with Crippen molar-refractivity contribution in [3.05, 3.63) is 65.0 Å². The smallest absolute Gasteiger partial charge is 0.255 e. The van der Waals surface area contributed by atoms with Gasteiger partial charge in [-0.3, -0.25) is 24.7 Å².